The van der Waals surface area contributed by atoms with Gasteiger partial charge in [-0.05, 0) is 6.42 Å². The van der Waals surface area contributed by atoms with Crippen LogP contribution in [0.3, 0.4) is 0 Å². The molecule has 0 aliphatic carbocycles. The fourth-order valence-corrected chi connectivity index (χ4v) is 0.421. The Morgan fingerprint density at radius 3 is 1.85 bits per heavy atom. The Kier molecular flexibility index (Phi) is 20.8. The van der Waals surface area contributed by atoms with E-state index in [1.807, 2.05) is 0 Å². The van der Waals surface area contributed by atoms with Gasteiger partial charge >= 0.3 is 5.97 Å². The van der Waals surface area contributed by atoms with Crippen molar-refractivity contribution in [1.29, 1.82) is 0 Å². The van der Waals surface area contributed by atoms with Crippen molar-refractivity contribution < 1.29 is 14.7 Å². The summed E-state index contributed by atoms with van der Waals surface area (Å²) in [6, 6.07) is -0.979. The topological polar surface area (TPSA) is 106 Å². The molecule has 1 unspecified atom stereocenters. The number of carboxylic acids is 1. The summed E-state index contributed by atoms with van der Waals surface area (Å²) in [5.41, 5.74) is 9.81. The van der Waals surface area contributed by atoms with Gasteiger partial charge in [0.25, 0.3) is 0 Å². The van der Waals surface area contributed by atoms with Crippen LogP contribution in [0.15, 0.2) is 0 Å². The van der Waals surface area contributed by atoms with Crippen molar-refractivity contribution in [3.8, 4) is 0 Å². The molecular formula is C5H13Cl3N2O3. The Labute approximate surface area is 94.5 Å². The number of carbonyl (C=O) groups excluding carboxylic acids is 1. The summed E-state index contributed by atoms with van der Waals surface area (Å²) in [7, 11) is 0. The average Bonchev–Trinajstić information content (AvgIpc) is 1.82. The molecule has 5 N–H and O–H groups in total. The van der Waals surface area contributed by atoms with Gasteiger partial charge in [0.1, 0.15) is 6.04 Å². The predicted octanol–water partition coefficient (Wildman–Crippen LogP) is -0.0708. The van der Waals surface area contributed by atoms with Crippen LogP contribution in [-0.2, 0) is 9.59 Å². The lowest BCUT2D eigenvalue weighted by Gasteiger charge is -2.01. The Morgan fingerprint density at radius 2 is 1.62 bits per heavy atom. The highest BCUT2D eigenvalue weighted by Gasteiger charge is 2.11. The molecule has 0 saturated heterocycles. The van der Waals surface area contributed by atoms with E-state index in [0.717, 1.165) is 0 Å². The molecule has 0 heterocycles. The predicted molar refractivity (Wildman–Crippen MR) is 55.8 cm³/mol. The highest BCUT2D eigenvalue weighted by atomic mass is 35.5. The van der Waals surface area contributed by atoms with Gasteiger partial charge in [-0.1, -0.05) is 0 Å². The van der Waals surface area contributed by atoms with Crippen LogP contribution in [0, 0.1) is 0 Å². The van der Waals surface area contributed by atoms with Gasteiger partial charge in [-0.15, -0.1) is 37.2 Å². The van der Waals surface area contributed by atoms with Gasteiger partial charge in [0.2, 0.25) is 5.91 Å². The highest BCUT2D eigenvalue weighted by molar-refractivity contribution is 5.86. The van der Waals surface area contributed by atoms with Gasteiger partial charge in [0, 0.05) is 6.42 Å². The van der Waals surface area contributed by atoms with Crippen LogP contribution < -0.4 is 11.5 Å². The second-order valence-corrected chi connectivity index (χ2v) is 1.95. The van der Waals surface area contributed by atoms with E-state index in [0.29, 0.717) is 0 Å². The smallest absolute Gasteiger partial charge is 0.320 e. The van der Waals surface area contributed by atoms with E-state index in [1.165, 1.54) is 0 Å². The van der Waals surface area contributed by atoms with Gasteiger partial charge < -0.3 is 16.6 Å². The van der Waals surface area contributed by atoms with Gasteiger partial charge in [-0.3, -0.25) is 9.59 Å². The van der Waals surface area contributed by atoms with Crippen molar-refractivity contribution in [2.45, 2.75) is 18.9 Å². The quantitative estimate of drug-likeness (QED) is 0.653. The van der Waals surface area contributed by atoms with Gasteiger partial charge in [-0.2, -0.15) is 0 Å². The standard InChI is InChI=1S/C5H10N2O3.3ClH/c6-3(5(9)10)1-2-4(7)8;;;/h3H,1-2,6H2,(H2,7,8)(H,9,10);3*1H. The Bertz CT molecular complexity index is 156. The van der Waals surface area contributed by atoms with Crippen LogP contribution in [0.2, 0.25) is 0 Å². The molecular weight excluding hydrogens is 242 g/mol. The van der Waals surface area contributed by atoms with Crippen LogP contribution in [0.1, 0.15) is 12.8 Å². The SMILES string of the molecule is Cl.Cl.Cl.NC(=O)CCC(N)C(=O)O. The van der Waals surface area contributed by atoms with Crippen LogP contribution in [-0.4, -0.2) is 23.0 Å². The fourth-order valence-electron chi connectivity index (χ4n) is 0.421. The normalized spacial score (nSPS) is 9.62. The van der Waals surface area contributed by atoms with E-state index in [9.17, 15) is 9.59 Å². The molecule has 0 saturated carbocycles. The summed E-state index contributed by atoms with van der Waals surface area (Å²) < 4.78 is 0. The average molecular weight is 256 g/mol. The molecule has 1 amide bonds. The van der Waals surface area contributed by atoms with Crippen LogP contribution in [0.25, 0.3) is 0 Å². The highest BCUT2D eigenvalue weighted by Crippen LogP contribution is 1.92. The maximum atomic E-state index is 10.1. The van der Waals surface area contributed by atoms with Crippen molar-refractivity contribution in [1.82, 2.24) is 0 Å². The Morgan fingerprint density at radius 1 is 1.23 bits per heavy atom. The fraction of sp³-hybridized carbons (Fsp3) is 0.600. The van der Waals surface area contributed by atoms with Crippen LogP contribution in [0.4, 0.5) is 0 Å². The maximum Gasteiger partial charge on any atom is 0.320 e. The second kappa shape index (κ2) is 11.8. The van der Waals surface area contributed by atoms with Crippen molar-refractivity contribution in [3.05, 3.63) is 0 Å². The third kappa shape index (κ3) is 14.6. The van der Waals surface area contributed by atoms with E-state index < -0.39 is 17.9 Å². The monoisotopic (exact) mass is 254 g/mol. The first kappa shape index (κ1) is 23.0. The molecule has 8 heteroatoms. The van der Waals surface area contributed by atoms with Crippen LogP contribution >= 0.6 is 37.2 Å². The van der Waals surface area contributed by atoms with Gasteiger partial charge in [0.15, 0.2) is 0 Å². The first-order valence-electron chi connectivity index (χ1n) is 2.80. The molecule has 0 aromatic rings. The molecule has 5 nitrogen and oxygen atoms in total. The number of amides is 1. The molecule has 0 aliphatic rings. The molecule has 13 heavy (non-hydrogen) atoms. The number of carbonyl (C=O) groups is 2. The summed E-state index contributed by atoms with van der Waals surface area (Å²) in [4.78, 5) is 20.1. The summed E-state index contributed by atoms with van der Waals surface area (Å²) in [5, 5.41) is 8.22. The minimum atomic E-state index is -1.11. The zero-order chi connectivity index (χ0) is 8.15. The minimum Gasteiger partial charge on any atom is -0.480 e. The van der Waals surface area contributed by atoms with E-state index >= 15 is 0 Å². The summed E-state index contributed by atoms with van der Waals surface area (Å²) >= 11 is 0. The zero-order valence-corrected chi connectivity index (χ0v) is 9.08. The third-order valence-corrected chi connectivity index (χ3v) is 1.02. The first-order valence-corrected chi connectivity index (χ1v) is 2.80. The molecule has 0 rings (SSSR count). The molecule has 0 bridgehead atoms. The molecule has 0 radical (unpaired) electrons. The van der Waals surface area contributed by atoms with Crippen molar-refractivity contribution in [2.75, 3.05) is 0 Å². The second-order valence-electron chi connectivity index (χ2n) is 1.95. The maximum absolute atomic E-state index is 10.1. The molecule has 0 aliphatic heterocycles. The molecule has 1 atom stereocenters. The Balaban J connectivity index is -0.000000135. The van der Waals surface area contributed by atoms with E-state index in [2.05, 4.69) is 0 Å². The van der Waals surface area contributed by atoms with E-state index in [4.69, 9.17) is 16.6 Å². The number of aliphatic carboxylic acids is 1. The molecule has 82 valence electrons. The lowest BCUT2D eigenvalue weighted by atomic mass is 10.2. The molecule has 0 spiro atoms. The van der Waals surface area contributed by atoms with Gasteiger partial charge in [0.05, 0.1) is 0 Å². The lowest BCUT2D eigenvalue weighted by molar-refractivity contribution is -0.138. The number of rotatable bonds is 4. The number of nitrogens with two attached hydrogens (primary N) is 2. The lowest BCUT2D eigenvalue weighted by Crippen LogP contribution is -2.31. The van der Waals surface area contributed by atoms with E-state index in [-0.39, 0.29) is 50.1 Å². The van der Waals surface area contributed by atoms with Crippen molar-refractivity contribution in [3.63, 3.8) is 0 Å². The summed E-state index contributed by atoms with van der Waals surface area (Å²) in [6.45, 7) is 0. The van der Waals surface area contributed by atoms with Crippen molar-refractivity contribution in [2.24, 2.45) is 11.5 Å². The summed E-state index contributed by atoms with van der Waals surface area (Å²) in [6.07, 6.45) is 0.123. The number of hydrogen-bond donors (Lipinski definition) is 3. The third-order valence-electron chi connectivity index (χ3n) is 1.02. The molecule has 0 fully saturated rings. The first-order chi connectivity index (χ1) is 4.54. The van der Waals surface area contributed by atoms with Crippen LogP contribution in [0.5, 0.6) is 0 Å². The number of halogens is 3. The number of carboxylic acid groups (broad SMARTS) is 1. The number of primary amides is 1. The minimum absolute atomic E-state index is 0. The zero-order valence-electron chi connectivity index (χ0n) is 6.63. The molecule has 0 aromatic carbocycles. The van der Waals surface area contributed by atoms with Gasteiger partial charge in [-0.25, -0.2) is 0 Å². The van der Waals surface area contributed by atoms with Crippen molar-refractivity contribution >= 4 is 49.1 Å². The van der Waals surface area contributed by atoms with E-state index in [1.54, 1.807) is 0 Å². The Hall–Kier alpha value is -0.230. The molecule has 0 aromatic heterocycles. The largest absolute Gasteiger partial charge is 0.480 e. The number of hydrogen-bond acceptors (Lipinski definition) is 3. The summed E-state index contributed by atoms with van der Waals surface area (Å²) in [5.74, 6) is -1.64.